The molecule has 2 aromatic rings. The number of rotatable bonds is 2. The summed E-state index contributed by atoms with van der Waals surface area (Å²) in [5.41, 5.74) is 11.6. The van der Waals surface area contributed by atoms with Gasteiger partial charge in [-0.05, 0) is 66.6 Å². The van der Waals surface area contributed by atoms with E-state index < -0.39 is 0 Å². The van der Waals surface area contributed by atoms with E-state index in [0.717, 1.165) is 48.5 Å². The summed E-state index contributed by atoms with van der Waals surface area (Å²) in [6.07, 6.45) is 3.96. The lowest BCUT2D eigenvalue weighted by Gasteiger charge is -2.06. The normalized spacial score (nSPS) is 19.0. The SMILES string of the molecule is COc1ccc2c(c1)C(=NO)CC2.COc1ccc2c(c1)C(N)CC2. The molecule has 0 aliphatic heterocycles. The van der Waals surface area contributed by atoms with Gasteiger partial charge in [-0.3, -0.25) is 0 Å². The summed E-state index contributed by atoms with van der Waals surface area (Å²) in [4.78, 5) is 0. The number of benzene rings is 2. The number of hydrogen-bond acceptors (Lipinski definition) is 5. The minimum atomic E-state index is 0.218. The molecule has 0 spiro atoms. The van der Waals surface area contributed by atoms with Gasteiger partial charge in [-0.2, -0.15) is 0 Å². The van der Waals surface area contributed by atoms with E-state index in [2.05, 4.69) is 11.2 Å². The zero-order valence-electron chi connectivity index (χ0n) is 14.7. The predicted molar refractivity (Wildman–Crippen MR) is 97.9 cm³/mol. The molecule has 4 rings (SSSR count). The van der Waals surface area contributed by atoms with Crippen molar-refractivity contribution in [3.8, 4) is 11.5 Å². The molecule has 0 heterocycles. The molecule has 3 N–H and O–H groups in total. The molecule has 2 aromatic carbocycles. The molecule has 5 heteroatoms. The first-order valence-electron chi connectivity index (χ1n) is 8.47. The van der Waals surface area contributed by atoms with E-state index in [1.165, 1.54) is 16.7 Å². The molecule has 25 heavy (non-hydrogen) atoms. The highest BCUT2D eigenvalue weighted by Crippen LogP contribution is 2.31. The summed E-state index contributed by atoms with van der Waals surface area (Å²) >= 11 is 0. The molecular formula is C20H24N2O3. The third kappa shape index (κ3) is 3.61. The van der Waals surface area contributed by atoms with Crippen molar-refractivity contribution in [2.45, 2.75) is 31.7 Å². The van der Waals surface area contributed by atoms with Gasteiger partial charge in [0.25, 0.3) is 0 Å². The number of ether oxygens (including phenoxy) is 2. The molecule has 2 aliphatic carbocycles. The fourth-order valence-electron chi connectivity index (χ4n) is 3.40. The fraction of sp³-hybridized carbons (Fsp3) is 0.350. The molecule has 0 fully saturated rings. The Balaban J connectivity index is 0.000000146. The van der Waals surface area contributed by atoms with Crippen LogP contribution in [-0.2, 0) is 12.8 Å². The van der Waals surface area contributed by atoms with Gasteiger partial charge in [0.1, 0.15) is 11.5 Å². The van der Waals surface area contributed by atoms with Gasteiger partial charge < -0.3 is 20.4 Å². The Bertz CT molecular complexity index is 787. The Kier molecular flexibility index (Phi) is 5.24. The average molecular weight is 340 g/mol. The number of aryl methyl sites for hydroxylation is 2. The van der Waals surface area contributed by atoms with Crippen molar-refractivity contribution in [1.82, 2.24) is 0 Å². The minimum absolute atomic E-state index is 0.218. The highest BCUT2D eigenvalue weighted by atomic mass is 16.5. The molecule has 0 bridgehead atoms. The van der Waals surface area contributed by atoms with Crippen LogP contribution < -0.4 is 15.2 Å². The molecule has 132 valence electrons. The van der Waals surface area contributed by atoms with Crippen LogP contribution in [0.25, 0.3) is 0 Å². The second kappa shape index (κ2) is 7.57. The Morgan fingerprint density at radius 1 is 0.960 bits per heavy atom. The van der Waals surface area contributed by atoms with Gasteiger partial charge >= 0.3 is 0 Å². The second-order valence-electron chi connectivity index (χ2n) is 6.28. The van der Waals surface area contributed by atoms with Crippen molar-refractivity contribution in [3.63, 3.8) is 0 Å². The first-order valence-corrected chi connectivity index (χ1v) is 8.47. The van der Waals surface area contributed by atoms with E-state index in [0.29, 0.717) is 0 Å². The van der Waals surface area contributed by atoms with Crippen LogP contribution >= 0.6 is 0 Å². The van der Waals surface area contributed by atoms with Crippen molar-refractivity contribution in [2.24, 2.45) is 10.9 Å². The van der Waals surface area contributed by atoms with Gasteiger partial charge in [0.05, 0.1) is 19.9 Å². The summed E-state index contributed by atoms with van der Waals surface area (Å²) in [5.74, 6) is 1.72. The summed E-state index contributed by atoms with van der Waals surface area (Å²) in [5, 5.41) is 12.0. The molecule has 0 saturated heterocycles. The van der Waals surface area contributed by atoms with Gasteiger partial charge in [-0.1, -0.05) is 17.3 Å². The number of hydrogen-bond donors (Lipinski definition) is 2. The maximum atomic E-state index is 8.72. The third-order valence-corrected chi connectivity index (χ3v) is 4.86. The number of fused-ring (bicyclic) bond motifs is 2. The predicted octanol–water partition coefficient (Wildman–Crippen LogP) is 3.46. The highest BCUT2D eigenvalue weighted by Gasteiger charge is 2.19. The lowest BCUT2D eigenvalue weighted by molar-refractivity contribution is 0.318. The van der Waals surface area contributed by atoms with E-state index in [9.17, 15) is 0 Å². The van der Waals surface area contributed by atoms with Crippen LogP contribution in [-0.4, -0.2) is 25.1 Å². The van der Waals surface area contributed by atoms with Crippen molar-refractivity contribution < 1.29 is 14.7 Å². The fourth-order valence-corrected chi connectivity index (χ4v) is 3.40. The zero-order chi connectivity index (χ0) is 17.8. The van der Waals surface area contributed by atoms with Gasteiger partial charge in [0.15, 0.2) is 0 Å². The Morgan fingerprint density at radius 2 is 1.64 bits per heavy atom. The van der Waals surface area contributed by atoms with Crippen LogP contribution in [0, 0.1) is 0 Å². The lowest BCUT2D eigenvalue weighted by atomic mass is 10.1. The zero-order valence-corrected chi connectivity index (χ0v) is 14.7. The molecule has 0 radical (unpaired) electrons. The van der Waals surface area contributed by atoms with E-state index in [1.54, 1.807) is 14.2 Å². The molecular weight excluding hydrogens is 316 g/mol. The maximum Gasteiger partial charge on any atom is 0.119 e. The average Bonchev–Trinajstić information content (AvgIpc) is 3.24. The van der Waals surface area contributed by atoms with Crippen molar-refractivity contribution >= 4 is 5.71 Å². The standard InChI is InChI=1S/C10H11NO2.C10H13NO/c1-13-8-4-2-7-3-5-10(11-12)9(7)6-8;1-12-8-4-2-7-3-5-10(11)9(7)6-8/h2,4,6,12H,3,5H2,1H3;2,4,6,10H,3,5,11H2,1H3. The van der Waals surface area contributed by atoms with Crippen LogP contribution in [0.3, 0.4) is 0 Å². The summed E-state index contributed by atoms with van der Waals surface area (Å²) < 4.78 is 10.2. The largest absolute Gasteiger partial charge is 0.497 e. The maximum absolute atomic E-state index is 8.72. The van der Waals surface area contributed by atoms with Gasteiger partial charge in [0, 0.05) is 11.6 Å². The molecule has 5 nitrogen and oxygen atoms in total. The number of methoxy groups -OCH3 is 2. The van der Waals surface area contributed by atoms with Crippen molar-refractivity contribution in [3.05, 3.63) is 58.7 Å². The molecule has 1 atom stereocenters. The van der Waals surface area contributed by atoms with E-state index in [1.807, 2.05) is 30.3 Å². The summed E-state index contributed by atoms with van der Waals surface area (Å²) in [6.45, 7) is 0. The number of nitrogens with zero attached hydrogens (tertiary/aromatic N) is 1. The quantitative estimate of drug-likeness (QED) is 0.648. The van der Waals surface area contributed by atoms with E-state index in [-0.39, 0.29) is 6.04 Å². The van der Waals surface area contributed by atoms with Crippen molar-refractivity contribution in [2.75, 3.05) is 14.2 Å². The van der Waals surface area contributed by atoms with E-state index in [4.69, 9.17) is 20.4 Å². The van der Waals surface area contributed by atoms with E-state index >= 15 is 0 Å². The third-order valence-electron chi connectivity index (χ3n) is 4.86. The molecule has 1 unspecified atom stereocenters. The van der Waals surface area contributed by atoms with Crippen LogP contribution in [0.2, 0.25) is 0 Å². The van der Waals surface area contributed by atoms with Crippen molar-refractivity contribution in [1.29, 1.82) is 0 Å². The van der Waals surface area contributed by atoms with Crippen LogP contribution in [0.5, 0.6) is 11.5 Å². The molecule has 2 aliphatic rings. The van der Waals surface area contributed by atoms with Gasteiger partial charge in [0.2, 0.25) is 0 Å². The van der Waals surface area contributed by atoms with Gasteiger partial charge in [-0.25, -0.2) is 0 Å². The summed E-state index contributed by atoms with van der Waals surface area (Å²) in [7, 11) is 3.31. The highest BCUT2D eigenvalue weighted by molar-refractivity contribution is 6.04. The van der Waals surface area contributed by atoms with Gasteiger partial charge in [-0.15, -0.1) is 0 Å². The van der Waals surface area contributed by atoms with Crippen LogP contribution in [0.15, 0.2) is 41.6 Å². The van der Waals surface area contributed by atoms with Crippen LogP contribution in [0.1, 0.15) is 41.1 Å². The number of oxime groups is 1. The molecule has 0 aromatic heterocycles. The monoisotopic (exact) mass is 340 g/mol. The first-order chi connectivity index (χ1) is 12.2. The summed E-state index contributed by atoms with van der Waals surface area (Å²) in [6, 6.07) is 12.2. The smallest absolute Gasteiger partial charge is 0.119 e. The molecule has 0 saturated carbocycles. The Morgan fingerprint density at radius 3 is 2.32 bits per heavy atom. The lowest BCUT2D eigenvalue weighted by Crippen LogP contribution is -2.05. The first kappa shape index (κ1) is 17.3. The topological polar surface area (TPSA) is 77.1 Å². The Labute approximate surface area is 148 Å². The Hall–Kier alpha value is -2.53. The minimum Gasteiger partial charge on any atom is -0.497 e. The molecule has 0 amide bonds. The van der Waals surface area contributed by atoms with Crippen LogP contribution in [0.4, 0.5) is 0 Å². The second-order valence-corrected chi connectivity index (χ2v) is 6.28. The number of nitrogens with two attached hydrogens (primary N) is 1.